The Morgan fingerprint density at radius 2 is 2.00 bits per heavy atom. The highest BCUT2D eigenvalue weighted by Crippen LogP contribution is 1.96. The van der Waals surface area contributed by atoms with E-state index in [-0.39, 0.29) is 0 Å². The van der Waals surface area contributed by atoms with Crippen molar-refractivity contribution in [3.05, 3.63) is 0 Å². The van der Waals surface area contributed by atoms with E-state index in [0.717, 1.165) is 5.71 Å². The maximum atomic E-state index is 5.13. The van der Waals surface area contributed by atoms with Gasteiger partial charge in [-0.2, -0.15) is 4.51 Å². The average molecular weight is 120 g/mol. The van der Waals surface area contributed by atoms with Gasteiger partial charge in [-0.1, -0.05) is 13.8 Å². The lowest BCUT2D eigenvalue weighted by atomic mass is 10.1. The fourth-order valence-electron chi connectivity index (χ4n) is 0.0976. The van der Waals surface area contributed by atoms with Gasteiger partial charge in [0, 0.05) is 17.5 Å². The van der Waals surface area contributed by atoms with E-state index in [1.54, 1.807) is 0 Å². The maximum Gasteiger partial charge on any atom is 0.0364 e. The number of rotatable bonds is 1. The predicted octanol–water partition coefficient (Wildman–Crippen LogP) is 2.26. The molecule has 0 aliphatic heterocycles. The molecular weight excluding hydrogens is 110 g/mol. The highest BCUT2D eigenvalue weighted by atomic mass is 35.5. The van der Waals surface area contributed by atoms with Crippen LogP contribution >= 0.6 is 11.8 Å². The SMILES string of the molecule is C/C(=N\Cl)C(C)C. The van der Waals surface area contributed by atoms with E-state index in [2.05, 4.69) is 18.4 Å². The number of hydrogen-bond acceptors (Lipinski definition) is 1. The zero-order valence-electron chi connectivity index (χ0n) is 4.90. The zero-order chi connectivity index (χ0) is 5.86. The largest absolute Gasteiger partial charge is 0.187 e. The first-order valence-electron chi connectivity index (χ1n) is 2.34. The number of hydrogen-bond donors (Lipinski definition) is 0. The molecule has 0 N–H and O–H groups in total. The second-order valence-electron chi connectivity index (χ2n) is 1.88. The van der Waals surface area contributed by atoms with Gasteiger partial charge in [-0.05, 0) is 12.8 Å². The van der Waals surface area contributed by atoms with Gasteiger partial charge in [-0.3, -0.25) is 0 Å². The quantitative estimate of drug-likeness (QED) is 0.470. The second-order valence-corrected chi connectivity index (χ2v) is 2.05. The van der Waals surface area contributed by atoms with Crippen LogP contribution in [0.15, 0.2) is 4.51 Å². The standard InChI is InChI=1S/C5H10ClN/c1-4(2)5(3)7-6/h4H,1-3H3/b7-5+. The van der Waals surface area contributed by atoms with Crippen LogP contribution in [0.25, 0.3) is 0 Å². The van der Waals surface area contributed by atoms with Gasteiger partial charge in [0.15, 0.2) is 0 Å². The summed E-state index contributed by atoms with van der Waals surface area (Å²) in [5, 5.41) is 0. The first-order valence-corrected chi connectivity index (χ1v) is 2.67. The summed E-state index contributed by atoms with van der Waals surface area (Å²) in [4.78, 5) is 0. The number of nitrogens with zero attached hydrogens (tertiary/aromatic N) is 1. The van der Waals surface area contributed by atoms with E-state index in [1.807, 2.05) is 6.92 Å². The van der Waals surface area contributed by atoms with E-state index >= 15 is 0 Å². The van der Waals surface area contributed by atoms with Crippen LogP contribution in [0.3, 0.4) is 0 Å². The van der Waals surface area contributed by atoms with Crippen LogP contribution in [0.2, 0.25) is 0 Å². The van der Waals surface area contributed by atoms with E-state index in [0.29, 0.717) is 5.92 Å². The molecule has 0 saturated heterocycles. The van der Waals surface area contributed by atoms with Gasteiger partial charge in [0.25, 0.3) is 0 Å². The molecular formula is C5H10ClN. The van der Waals surface area contributed by atoms with Crippen LogP contribution in [0.1, 0.15) is 20.8 Å². The molecule has 0 spiro atoms. The predicted molar refractivity (Wildman–Crippen MR) is 33.8 cm³/mol. The molecule has 0 heterocycles. The van der Waals surface area contributed by atoms with E-state index < -0.39 is 0 Å². The summed E-state index contributed by atoms with van der Waals surface area (Å²) in [6.07, 6.45) is 0. The Labute approximate surface area is 49.5 Å². The van der Waals surface area contributed by atoms with Crippen LogP contribution < -0.4 is 0 Å². The molecule has 0 amide bonds. The molecule has 0 aromatic rings. The lowest BCUT2D eigenvalue weighted by Gasteiger charge is -1.97. The van der Waals surface area contributed by atoms with E-state index in [9.17, 15) is 0 Å². The summed E-state index contributed by atoms with van der Waals surface area (Å²) in [5.74, 6) is 0.484. The first kappa shape index (κ1) is 6.96. The Kier molecular flexibility index (Phi) is 3.01. The minimum atomic E-state index is 0.484. The lowest BCUT2D eigenvalue weighted by molar-refractivity contribution is 0.882. The third-order valence-corrected chi connectivity index (χ3v) is 1.24. The summed E-state index contributed by atoms with van der Waals surface area (Å²) >= 11 is 5.13. The molecule has 2 heteroatoms. The minimum Gasteiger partial charge on any atom is -0.187 e. The Bertz CT molecular complexity index is 76.1. The molecule has 0 aromatic heterocycles. The molecule has 0 aliphatic rings. The zero-order valence-corrected chi connectivity index (χ0v) is 5.66. The molecule has 0 rings (SSSR count). The third kappa shape index (κ3) is 2.63. The topological polar surface area (TPSA) is 12.4 Å². The molecule has 0 saturated carbocycles. The van der Waals surface area contributed by atoms with Gasteiger partial charge in [-0.15, -0.1) is 0 Å². The monoisotopic (exact) mass is 119 g/mol. The molecule has 1 nitrogen and oxygen atoms in total. The number of halogens is 1. The summed E-state index contributed by atoms with van der Waals surface area (Å²) in [7, 11) is 0. The van der Waals surface area contributed by atoms with Crippen molar-refractivity contribution in [2.75, 3.05) is 0 Å². The molecule has 0 atom stereocenters. The maximum absolute atomic E-state index is 5.13. The van der Waals surface area contributed by atoms with Crippen LogP contribution in [0.4, 0.5) is 0 Å². The van der Waals surface area contributed by atoms with Gasteiger partial charge in [0.1, 0.15) is 0 Å². The molecule has 0 bridgehead atoms. The van der Waals surface area contributed by atoms with Crippen LogP contribution in [0.5, 0.6) is 0 Å². The van der Waals surface area contributed by atoms with Crippen molar-refractivity contribution in [2.45, 2.75) is 20.8 Å². The fourth-order valence-corrected chi connectivity index (χ4v) is 0.293. The Morgan fingerprint density at radius 1 is 1.57 bits per heavy atom. The average Bonchev–Trinajstić information content (AvgIpc) is 1.65. The summed E-state index contributed by atoms with van der Waals surface area (Å²) in [6.45, 7) is 6.03. The van der Waals surface area contributed by atoms with E-state index in [1.165, 1.54) is 0 Å². The Balaban J connectivity index is 3.56. The summed E-state index contributed by atoms with van der Waals surface area (Å²) in [5.41, 5.74) is 0.988. The molecule has 42 valence electrons. The Morgan fingerprint density at radius 3 is 2.00 bits per heavy atom. The minimum absolute atomic E-state index is 0.484. The van der Waals surface area contributed by atoms with Gasteiger partial charge in [-0.25, -0.2) is 0 Å². The van der Waals surface area contributed by atoms with Crippen LogP contribution in [-0.4, -0.2) is 5.71 Å². The molecule has 0 unspecified atom stereocenters. The molecule has 0 radical (unpaired) electrons. The first-order chi connectivity index (χ1) is 3.18. The van der Waals surface area contributed by atoms with Gasteiger partial charge >= 0.3 is 0 Å². The molecule has 0 aliphatic carbocycles. The lowest BCUT2D eigenvalue weighted by Crippen LogP contribution is -1.98. The second kappa shape index (κ2) is 3.03. The normalized spacial score (nSPS) is 13.0. The summed E-state index contributed by atoms with van der Waals surface area (Å²) < 4.78 is 3.48. The highest BCUT2D eigenvalue weighted by molar-refractivity contribution is 6.19. The van der Waals surface area contributed by atoms with Crippen molar-refractivity contribution in [1.29, 1.82) is 0 Å². The molecule has 0 aromatic carbocycles. The highest BCUT2D eigenvalue weighted by Gasteiger charge is 1.93. The van der Waals surface area contributed by atoms with E-state index in [4.69, 9.17) is 11.8 Å². The fraction of sp³-hybridized carbons (Fsp3) is 0.800. The smallest absolute Gasteiger partial charge is 0.0364 e. The van der Waals surface area contributed by atoms with Crippen LogP contribution in [0, 0.1) is 5.92 Å². The van der Waals surface area contributed by atoms with Gasteiger partial charge in [0.2, 0.25) is 0 Å². The van der Waals surface area contributed by atoms with Crippen molar-refractivity contribution in [1.82, 2.24) is 0 Å². The van der Waals surface area contributed by atoms with Crippen molar-refractivity contribution >= 4 is 17.5 Å². The third-order valence-electron chi connectivity index (χ3n) is 0.969. The van der Waals surface area contributed by atoms with Crippen molar-refractivity contribution < 1.29 is 0 Å². The van der Waals surface area contributed by atoms with Crippen molar-refractivity contribution in [2.24, 2.45) is 10.4 Å². The molecule has 0 fully saturated rings. The van der Waals surface area contributed by atoms with Crippen molar-refractivity contribution in [3.8, 4) is 0 Å². The van der Waals surface area contributed by atoms with Crippen LogP contribution in [-0.2, 0) is 0 Å². The van der Waals surface area contributed by atoms with Crippen molar-refractivity contribution in [3.63, 3.8) is 0 Å². The van der Waals surface area contributed by atoms with Gasteiger partial charge in [0.05, 0.1) is 0 Å². The van der Waals surface area contributed by atoms with Gasteiger partial charge < -0.3 is 0 Å². The Hall–Kier alpha value is -0.0400. The molecule has 7 heavy (non-hydrogen) atoms. The summed E-state index contributed by atoms with van der Waals surface area (Å²) in [6, 6.07) is 0.